The quantitative estimate of drug-likeness (QED) is 0.838. The van der Waals surface area contributed by atoms with Crippen molar-refractivity contribution in [3.63, 3.8) is 0 Å². The summed E-state index contributed by atoms with van der Waals surface area (Å²) in [5.41, 5.74) is 2.55. The molecular weight excluding hydrogens is 240 g/mol. The molecule has 1 aromatic rings. The van der Waals surface area contributed by atoms with E-state index in [0.29, 0.717) is 0 Å². The molecule has 0 saturated carbocycles. The van der Waals surface area contributed by atoms with E-state index < -0.39 is 0 Å². The van der Waals surface area contributed by atoms with Crippen LogP contribution in [0.2, 0.25) is 0 Å². The van der Waals surface area contributed by atoms with E-state index in [2.05, 4.69) is 28.4 Å². The van der Waals surface area contributed by atoms with Gasteiger partial charge in [-0.25, -0.2) is 0 Å². The Hall–Kier alpha value is -1.10. The number of aliphatic hydroxyl groups excluding tert-OH is 1. The van der Waals surface area contributed by atoms with Crippen LogP contribution in [0.4, 0.5) is 0 Å². The molecule has 0 spiro atoms. The Labute approximate surface area is 114 Å². The van der Waals surface area contributed by atoms with Crippen LogP contribution in [-0.2, 0) is 13.1 Å². The van der Waals surface area contributed by atoms with E-state index in [4.69, 9.17) is 4.74 Å². The van der Waals surface area contributed by atoms with Gasteiger partial charge in [0.25, 0.3) is 0 Å². The fraction of sp³-hybridized carbons (Fsp3) is 0.600. The molecule has 1 unspecified atom stereocenters. The molecule has 104 valence electrons. The predicted molar refractivity (Wildman–Crippen MR) is 74.2 cm³/mol. The van der Waals surface area contributed by atoms with E-state index in [1.165, 1.54) is 11.1 Å². The van der Waals surface area contributed by atoms with Crippen LogP contribution in [0.1, 0.15) is 24.0 Å². The lowest BCUT2D eigenvalue weighted by atomic mass is 10.1. The number of rotatable bonds is 2. The van der Waals surface area contributed by atoms with Crippen molar-refractivity contribution >= 4 is 0 Å². The normalized spacial score (nSPS) is 24.4. The Morgan fingerprint density at radius 1 is 1.42 bits per heavy atom. The molecule has 4 heteroatoms. The van der Waals surface area contributed by atoms with Crippen molar-refractivity contribution in [2.75, 3.05) is 26.2 Å². The Balaban J connectivity index is 1.69. The average Bonchev–Trinajstić information content (AvgIpc) is 2.63. The fourth-order valence-electron chi connectivity index (χ4n) is 2.90. The minimum atomic E-state index is -0.153. The summed E-state index contributed by atoms with van der Waals surface area (Å²) in [6, 6.07) is 6.46. The molecule has 3 rings (SSSR count). The van der Waals surface area contributed by atoms with Crippen LogP contribution >= 0.6 is 0 Å². The summed E-state index contributed by atoms with van der Waals surface area (Å²) in [6.07, 6.45) is 1.88. The number of nitrogens with one attached hydrogen (secondary N) is 1. The van der Waals surface area contributed by atoms with Crippen molar-refractivity contribution in [2.24, 2.45) is 0 Å². The summed E-state index contributed by atoms with van der Waals surface area (Å²) in [4.78, 5) is 2.33. The van der Waals surface area contributed by atoms with E-state index in [1.54, 1.807) is 0 Å². The smallest absolute Gasteiger partial charge is 0.123 e. The number of hydrogen-bond acceptors (Lipinski definition) is 4. The van der Waals surface area contributed by atoms with Gasteiger partial charge in [0.1, 0.15) is 12.4 Å². The molecule has 1 aromatic carbocycles. The van der Waals surface area contributed by atoms with Gasteiger partial charge in [-0.2, -0.15) is 0 Å². The molecule has 1 atom stereocenters. The van der Waals surface area contributed by atoms with Gasteiger partial charge >= 0.3 is 0 Å². The van der Waals surface area contributed by atoms with Crippen LogP contribution in [0.15, 0.2) is 18.2 Å². The van der Waals surface area contributed by atoms with E-state index in [9.17, 15) is 5.11 Å². The first-order valence-corrected chi connectivity index (χ1v) is 7.17. The molecule has 1 saturated heterocycles. The van der Waals surface area contributed by atoms with Gasteiger partial charge in [0.15, 0.2) is 0 Å². The molecule has 0 aromatic heterocycles. The highest BCUT2D eigenvalue weighted by molar-refractivity contribution is 5.37. The minimum Gasteiger partial charge on any atom is -0.492 e. The van der Waals surface area contributed by atoms with Crippen LogP contribution < -0.4 is 10.1 Å². The van der Waals surface area contributed by atoms with Crippen molar-refractivity contribution in [3.8, 4) is 5.75 Å². The molecule has 2 aliphatic heterocycles. The lowest BCUT2D eigenvalue weighted by Crippen LogP contribution is -2.37. The summed E-state index contributed by atoms with van der Waals surface area (Å²) in [5, 5.41) is 13.1. The number of benzene rings is 1. The molecule has 0 radical (unpaired) electrons. The van der Waals surface area contributed by atoms with Gasteiger partial charge in [0.05, 0.1) is 6.10 Å². The van der Waals surface area contributed by atoms with Gasteiger partial charge in [-0.1, -0.05) is 6.07 Å². The number of ether oxygens (including phenoxy) is 1. The zero-order valence-electron chi connectivity index (χ0n) is 11.3. The van der Waals surface area contributed by atoms with Gasteiger partial charge in [0, 0.05) is 31.7 Å². The van der Waals surface area contributed by atoms with Crippen LogP contribution in [-0.4, -0.2) is 42.4 Å². The van der Waals surface area contributed by atoms with Gasteiger partial charge in [0.2, 0.25) is 0 Å². The molecule has 2 aliphatic rings. The highest BCUT2D eigenvalue weighted by Gasteiger charge is 2.18. The van der Waals surface area contributed by atoms with Crippen molar-refractivity contribution in [1.29, 1.82) is 0 Å². The maximum atomic E-state index is 9.72. The lowest BCUT2D eigenvalue weighted by Gasteiger charge is -2.30. The number of β-amino-alcohol motifs (C(OH)–C–C–N with tert-alkyl or cyclic N) is 1. The van der Waals surface area contributed by atoms with Gasteiger partial charge in [-0.3, -0.25) is 4.90 Å². The number of nitrogens with zero attached hydrogens (tertiary/aromatic N) is 1. The van der Waals surface area contributed by atoms with Gasteiger partial charge in [-0.05, 0) is 37.1 Å². The molecule has 19 heavy (non-hydrogen) atoms. The van der Waals surface area contributed by atoms with Gasteiger partial charge in [-0.15, -0.1) is 0 Å². The Morgan fingerprint density at radius 3 is 3.26 bits per heavy atom. The summed E-state index contributed by atoms with van der Waals surface area (Å²) in [5.74, 6) is 1.01. The zero-order valence-corrected chi connectivity index (χ0v) is 11.3. The monoisotopic (exact) mass is 262 g/mol. The predicted octanol–water partition coefficient (Wildman–Crippen LogP) is 1.13. The molecular formula is C15H22N2O2. The lowest BCUT2D eigenvalue weighted by molar-refractivity contribution is 0.0668. The summed E-state index contributed by atoms with van der Waals surface area (Å²) < 4.78 is 5.69. The molecule has 4 nitrogen and oxygen atoms in total. The van der Waals surface area contributed by atoms with Crippen LogP contribution in [0.3, 0.4) is 0 Å². The SMILES string of the molecule is OC1CCCN(Cc2ccc3c(c2)CNCCO3)C1. The Kier molecular flexibility index (Phi) is 4.01. The first kappa shape index (κ1) is 12.9. The summed E-state index contributed by atoms with van der Waals surface area (Å²) in [6.45, 7) is 5.33. The Morgan fingerprint density at radius 2 is 2.37 bits per heavy atom. The van der Waals surface area contributed by atoms with Crippen molar-refractivity contribution < 1.29 is 9.84 Å². The standard InChI is InChI=1S/C15H22N2O2/c18-14-2-1-6-17(11-14)10-12-3-4-15-13(8-12)9-16-5-7-19-15/h3-4,8,14,16,18H,1-2,5-7,9-11H2. The van der Waals surface area contributed by atoms with E-state index in [-0.39, 0.29) is 6.10 Å². The first-order chi connectivity index (χ1) is 9.31. The van der Waals surface area contributed by atoms with Crippen LogP contribution in [0.25, 0.3) is 0 Å². The second-order valence-corrected chi connectivity index (χ2v) is 5.50. The van der Waals surface area contributed by atoms with E-state index in [1.807, 2.05) is 0 Å². The highest BCUT2D eigenvalue weighted by Crippen LogP contribution is 2.23. The zero-order chi connectivity index (χ0) is 13.1. The maximum Gasteiger partial charge on any atom is 0.123 e. The Bertz CT molecular complexity index is 436. The molecule has 2 N–H and O–H groups in total. The van der Waals surface area contributed by atoms with Crippen molar-refractivity contribution in [2.45, 2.75) is 32.0 Å². The second-order valence-electron chi connectivity index (χ2n) is 5.50. The maximum absolute atomic E-state index is 9.72. The number of piperidine rings is 1. The number of likely N-dealkylation sites (tertiary alicyclic amines) is 1. The molecule has 0 aliphatic carbocycles. The van der Waals surface area contributed by atoms with Crippen molar-refractivity contribution in [1.82, 2.24) is 10.2 Å². The highest BCUT2D eigenvalue weighted by atomic mass is 16.5. The third-order valence-corrected chi connectivity index (χ3v) is 3.86. The topological polar surface area (TPSA) is 44.7 Å². The molecule has 2 heterocycles. The summed E-state index contributed by atoms with van der Waals surface area (Å²) in [7, 11) is 0. The molecule has 1 fully saturated rings. The average molecular weight is 262 g/mol. The number of hydrogen-bond donors (Lipinski definition) is 2. The molecule has 0 amide bonds. The minimum absolute atomic E-state index is 0.153. The third kappa shape index (κ3) is 3.26. The number of fused-ring (bicyclic) bond motifs is 1. The fourth-order valence-corrected chi connectivity index (χ4v) is 2.90. The van der Waals surface area contributed by atoms with Crippen LogP contribution in [0, 0.1) is 0 Å². The first-order valence-electron chi connectivity index (χ1n) is 7.17. The third-order valence-electron chi connectivity index (χ3n) is 3.86. The van der Waals surface area contributed by atoms with E-state index in [0.717, 1.165) is 57.9 Å². The largest absolute Gasteiger partial charge is 0.492 e. The van der Waals surface area contributed by atoms with Gasteiger partial charge < -0.3 is 15.2 Å². The van der Waals surface area contributed by atoms with Crippen molar-refractivity contribution in [3.05, 3.63) is 29.3 Å². The van der Waals surface area contributed by atoms with E-state index >= 15 is 0 Å². The van der Waals surface area contributed by atoms with Crippen LogP contribution in [0.5, 0.6) is 5.75 Å². The number of aliphatic hydroxyl groups is 1. The molecule has 0 bridgehead atoms. The summed E-state index contributed by atoms with van der Waals surface area (Å²) >= 11 is 0. The second kappa shape index (κ2) is 5.90.